The Morgan fingerprint density at radius 3 is 2.75 bits per heavy atom. The van der Waals surface area contributed by atoms with E-state index in [9.17, 15) is 19.8 Å². The molecule has 0 radical (unpaired) electrons. The van der Waals surface area contributed by atoms with Crippen LogP contribution in [0.25, 0.3) is 0 Å². The van der Waals surface area contributed by atoms with Crippen LogP contribution in [0, 0.1) is 12.8 Å². The minimum atomic E-state index is -0.830. The topological polar surface area (TPSA) is 105 Å². The second-order valence-electron chi connectivity index (χ2n) is 5.17. The maximum absolute atomic E-state index is 11.9. The van der Waals surface area contributed by atoms with Crippen molar-refractivity contribution in [2.75, 3.05) is 6.61 Å². The van der Waals surface area contributed by atoms with E-state index in [1.807, 2.05) is 6.92 Å². The van der Waals surface area contributed by atoms with E-state index in [2.05, 4.69) is 4.98 Å². The molecule has 1 aliphatic rings. The molecule has 0 aromatic carbocycles. The van der Waals surface area contributed by atoms with Crippen molar-refractivity contribution < 1.29 is 14.9 Å². The number of hydrogen-bond donors (Lipinski definition) is 3. The largest absolute Gasteiger partial charge is 0.394 e. The molecule has 1 aliphatic heterocycles. The summed E-state index contributed by atoms with van der Waals surface area (Å²) in [6.45, 7) is 3.25. The van der Waals surface area contributed by atoms with Crippen LogP contribution in [0.1, 0.15) is 31.6 Å². The Morgan fingerprint density at radius 2 is 2.15 bits per heavy atom. The van der Waals surface area contributed by atoms with Crippen LogP contribution in [0.4, 0.5) is 0 Å². The fourth-order valence-corrected chi connectivity index (χ4v) is 2.65. The molecular formula is C13H20N2O5. The highest BCUT2D eigenvalue weighted by atomic mass is 16.5. The van der Waals surface area contributed by atoms with Gasteiger partial charge in [-0.3, -0.25) is 14.3 Å². The molecule has 4 atom stereocenters. The Kier molecular flexibility index (Phi) is 4.42. The summed E-state index contributed by atoms with van der Waals surface area (Å²) in [7, 11) is 0. The van der Waals surface area contributed by atoms with E-state index >= 15 is 0 Å². The van der Waals surface area contributed by atoms with Gasteiger partial charge in [0, 0.05) is 17.7 Å². The zero-order chi connectivity index (χ0) is 14.9. The average molecular weight is 284 g/mol. The fourth-order valence-electron chi connectivity index (χ4n) is 2.65. The van der Waals surface area contributed by atoms with Crippen LogP contribution in [0.5, 0.6) is 0 Å². The molecule has 0 spiro atoms. The molecule has 2 rings (SSSR count). The Bertz CT molecular complexity index is 579. The molecule has 7 nitrogen and oxygen atoms in total. The van der Waals surface area contributed by atoms with E-state index in [-0.39, 0.29) is 12.5 Å². The Labute approximate surface area is 115 Å². The first-order chi connectivity index (χ1) is 9.49. The third-order valence-electron chi connectivity index (χ3n) is 3.72. The monoisotopic (exact) mass is 284 g/mol. The Hall–Kier alpha value is -1.44. The molecule has 0 amide bonds. The van der Waals surface area contributed by atoms with Gasteiger partial charge >= 0.3 is 5.69 Å². The standard InChI is InChI=1S/C13H20N2O5/c1-3-4-8-10(17)9(6-16)20-12(8)15-5-7(2)11(18)14-13(15)19/h5,8-10,12,16-17H,3-4,6H2,1-2H3,(H,14,18,19)/t8-,9+,10-,12+/m0/s1. The molecule has 3 N–H and O–H groups in total. The molecule has 1 aromatic heterocycles. The van der Waals surface area contributed by atoms with E-state index in [0.29, 0.717) is 12.0 Å². The summed E-state index contributed by atoms with van der Waals surface area (Å²) in [6, 6.07) is 0. The second kappa shape index (κ2) is 5.90. The highest BCUT2D eigenvalue weighted by Gasteiger charge is 2.43. The number of aromatic nitrogens is 2. The number of nitrogens with one attached hydrogen (secondary N) is 1. The number of ether oxygens (including phenoxy) is 1. The van der Waals surface area contributed by atoms with Crippen LogP contribution in [0.15, 0.2) is 15.8 Å². The number of H-pyrrole nitrogens is 1. The predicted octanol–water partition coefficient (Wildman–Crippen LogP) is -0.488. The van der Waals surface area contributed by atoms with Crippen molar-refractivity contribution in [2.45, 2.75) is 45.1 Å². The molecule has 0 bridgehead atoms. The van der Waals surface area contributed by atoms with Gasteiger partial charge in [-0.2, -0.15) is 0 Å². The maximum Gasteiger partial charge on any atom is 0.330 e. The van der Waals surface area contributed by atoms with Gasteiger partial charge in [0.1, 0.15) is 12.3 Å². The Balaban J connectivity index is 2.42. The average Bonchev–Trinajstić information content (AvgIpc) is 2.72. The summed E-state index contributed by atoms with van der Waals surface area (Å²) in [5, 5.41) is 19.4. The summed E-state index contributed by atoms with van der Waals surface area (Å²) >= 11 is 0. The summed E-state index contributed by atoms with van der Waals surface area (Å²) in [4.78, 5) is 25.5. The number of hydrogen-bond acceptors (Lipinski definition) is 5. The lowest BCUT2D eigenvalue weighted by Gasteiger charge is -2.21. The van der Waals surface area contributed by atoms with Crippen LogP contribution >= 0.6 is 0 Å². The highest BCUT2D eigenvalue weighted by molar-refractivity contribution is 5.03. The van der Waals surface area contributed by atoms with E-state index in [1.54, 1.807) is 6.92 Å². The van der Waals surface area contributed by atoms with Gasteiger partial charge in [0.05, 0.1) is 12.7 Å². The van der Waals surface area contributed by atoms with Crippen LogP contribution < -0.4 is 11.2 Å². The third-order valence-corrected chi connectivity index (χ3v) is 3.72. The SMILES string of the molecule is CCC[C@H]1[C@H](O)[C@@H](CO)O[C@H]1n1cc(C)c(=O)[nH]c1=O. The number of rotatable bonds is 4. The van der Waals surface area contributed by atoms with Crippen molar-refractivity contribution >= 4 is 0 Å². The fraction of sp³-hybridized carbons (Fsp3) is 0.692. The van der Waals surface area contributed by atoms with Gasteiger partial charge < -0.3 is 14.9 Å². The van der Waals surface area contributed by atoms with E-state index in [0.717, 1.165) is 6.42 Å². The van der Waals surface area contributed by atoms with Crippen molar-refractivity contribution in [1.29, 1.82) is 0 Å². The first kappa shape index (κ1) is 15.0. The quantitative estimate of drug-likeness (QED) is 0.692. The molecule has 0 saturated carbocycles. The minimum absolute atomic E-state index is 0.292. The normalized spacial score (nSPS) is 29.8. The maximum atomic E-state index is 11.9. The smallest absolute Gasteiger partial charge is 0.330 e. The number of aliphatic hydroxyl groups excluding tert-OH is 2. The van der Waals surface area contributed by atoms with Crippen molar-refractivity contribution in [1.82, 2.24) is 9.55 Å². The number of aliphatic hydroxyl groups is 2. The van der Waals surface area contributed by atoms with Crippen molar-refractivity contribution in [3.8, 4) is 0 Å². The molecule has 1 saturated heterocycles. The summed E-state index contributed by atoms with van der Waals surface area (Å²) < 4.78 is 6.88. The van der Waals surface area contributed by atoms with Gasteiger partial charge in [-0.1, -0.05) is 13.3 Å². The first-order valence-corrected chi connectivity index (χ1v) is 6.76. The molecule has 7 heteroatoms. The zero-order valence-corrected chi connectivity index (χ0v) is 11.6. The van der Waals surface area contributed by atoms with Crippen molar-refractivity contribution in [3.63, 3.8) is 0 Å². The lowest BCUT2D eigenvalue weighted by Crippen LogP contribution is -2.36. The van der Waals surface area contributed by atoms with Crippen molar-refractivity contribution in [2.24, 2.45) is 5.92 Å². The van der Waals surface area contributed by atoms with Crippen molar-refractivity contribution in [3.05, 3.63) is 32.6 Å². The predicted molar refractivity (Wildman–Crippen MR) is 71.5 cm³/mol. The van der Waals surface area contributed by atoms with Gasteiger partial charge in [-0.05, 0) is 13.3 Å². The molecule has 0 unspecified atom stereocenters. The van der Waals surface area contributed by atoms with Gasteiger partial charge in [-0.15, -0.1) is 0 Å². The van der Waals surface area contributed by atoms with Gasteiger partial charge in [0.2, 0.25) is 0 Å². The number of aromatic amines is 1. The van der Waals surface area contributed by atoms with Gasteiger partial charge in [-0.25, -0.2) is 4.79 Å². The molecule has 20 heavy (non-hydrogen) atoms. The van der Waals surface area contributed by atoms with E-state index < -0.39 is 29.7 Å². The summed E-state index contributed by atoms with van der Waals surface area (Å²) in [6.07, 6.45) is 0.690. The lowest BCUT2D eigenvalue weighted by atomic mass is 9.95. The van der Waals surface area contributed by atoms with Crippen LogP contribution in [-0.4, -0.2) is 38.6 Å². The minimum Gasteiger partial charge on any atom is -0.394 e. The molecule has 112 valence electrons. The van der Waals surface area contributed by atoms with Crippen LogP contribution in [-0.2, 0) is 4.74 Å². The summed E-state index contributed by atoms with van der Waals surface area (Å²) in [5.41, 5.74) is -0.613. The van der Waals surface area contributed by atoms with Gasteiger partial charge in [0.25, 0.3) is 5.56 Å². The number of nitrogens with zero attached hydrogens (tertiary/aromatic N) is 1. The third kappa shape index (κ3) is 2.56. The molecule has 0 aliphatic carbocycles. The molecule has 1 fully saturated rings. The molecule has 2 heterocycles. The summed E-state index contributed by atoms with van der Waals surface area (Å²) in [5.74, 6) is -0.292. The highest BCUT2D eigenvalue weighted by Crippen LogP contribution is 2.36. The van der Waals surface area contributed by atoms with Crippen LogP contribution in [0.3, 0.4) is 0 Å². The second-order valence-corrected chi connectivity index (χ2v) is 5.17. The molecule has 1 aromatic rings. The zero-order valence-electron chi connectivity index (χ0n) is 11.6. The Morgan fingerprint density at radius 1 is 1.45 bits per heavy atom. The van der Waals surface area contributed by atoms with Gasteiger partial charge in [0.15, 0.2) is 0 Å². The lowest BCUT2D eigenvalue weighted by molar-refractivity contribution is -0.0483. The molecular weight excluding hydrogens is 264 g/mol. The van der Waals surface area contributed by atoms with E-state index in [1.165, 1.54) is 10.8 Å². The first-order valence-electron chi connectivity index (χ1n) is 6.76. The number of aryl methyl sites for hydroxylation is 1. The van der Waals surface area contributed by atoms with E-state index in [4.69, 9.17) is 4.74 Å². The van der Waals surface area contributed by atoms with Crippen LogP contribution in [0.2, 0.25) is 0 Å².